The minimum absolute atomic E-state index is 0.347. The van der Waals surface area contributed by atoms with Gasteiger partial charge in [0, 0.05) is 0 Å². The highest BCUT2D eigenvalue weighted by Crippen LogP contribution is 2.20. The Labute approximate surface area is 111 Å². The van der Waals surface area contributed by atoms with Crippen molar-refractivity contribution in [1.29, 1.82) is 0 Å². The molecule has 1 N–H and O–H groups in total. The largest absolute Gasteiger partial charge is 0.495 e. The summed E-state index contributed by atoms with van der Waals surface area (Å²) in [4.78, 5) is 27.2. The summed E-state index contributed by atoms with van der Waals surface area (Å²) in [6.45, 7) is 0. The zero-order valence-electron chi connectivity index (χ0n) is 10.0. The molecule has 1 aromatic carbocycles. The number of fused-ring (bicyclic) bond motifs is 1. The van der Waals surface area contributed by atoms with E-state index in [1.165, 1.54) is 18.4 Å². The Balaban J connectivity index is 2.46. The normalized spacial score (nSPS) is 10.8. The van der Waals surface area contributed by atoms with Crippen LogP contribution in [0.3, 0.4) is 0 Å². The predicted molar refractivity (Wildman–Crippen MR) is 74.6 cm³/mol. The van der Waals surface area contributed by atoms with Crippen LogP contribution in [0, 0.1) is 0 Å². The molecule has 0 amide bonds. The highest BCUT2D eigenvalue weighted by atomic mass is 32.1. The smallest absolute Gasteiger partial charge is 0.334 e. The zero-order valence-corrected chi connectivity index (χ0v) is 10.9. The fraction of sp³-hybridized carbons (Fsp3) is 0.0769. The van der Waals surface area contributed by atoms with Crippen LogP contribution in [0.25, 0.3) is 15.9 Å². The Morgan fingerprint density at radius 1 is 1.21 bits per heavy atom. The average Bonchev–Trinajstić information content (AvgIpc) is 2.92. The molecule has 0 aliphatic rings. The quantitative estimate of drug-likeness (QED) is 0.774. The lowest BCUT2D eigenvalue weighted by molar-refractivity contribution is 0.418. The van der Waals surface area contributed by atoms with Crippen molar-refractivity contribution in [1.82, 2.24) is 9.55 Å². The van der Waals surface area contributed by atoms with Crippen molar-refractivity contribution in [2.24, 2.45) is 0 Å². The first-order chi connectivity index (χ1) is 9.22. The van der Waals surface area contributed by atoms with Gasteiger partial charge in [0.2, 0.25) is 0 Å². The monoisotopic (exact) mass is 274 g/mol. The first-order valence-electron chi connectivity index (χ1n) is 5.58. The number of hydrogen-bond donors (Lipinski definition) is 1. The maximum absolute atomic E-state index is 12.4. The first-order valence-corrected chi connectivity index (χ1v) is 6.46. The lowest BCUT2D eigenvalue weighted by Crippen LogP contribution is -2.33. The number of aromatic amines is 1. The van der Waals surface area contributed by atoms with Crippen LogP contribution in [0.5, 0.6) is 5.75 Å². The van der Waals surface area contributed by atoms with Gasteiger partial charge in [0.1, 0.15) is 10.8 Å². The number of rotatable bonds is 2. The minimum Gasteiger partial charge on any atom is -0.495 e. The highest BCUT2D eigenvalue weighted by molar-refractivity contribution is 7.12. The zero-order chi connectivity index (χ0) is 13.4. The Hall–Kier alpha value is -2.34. The van der Waals surface area contributed by atoms with Crippen LogP contribution >= 0.6 is 11.3 Å². The van der Waals surface area contributed by atoms with Crippen LogP contribution in [0.1, 0.15) is 0 Å². The number of thiophene rings is 1. The Bertz CT molecular complexity index is 846. The van der Waals surface area contributed by atoms with E-state index in [0.717, 1.165) is 4.57 Å². The molecular weight excluding hydrogens is 264 g/mol. The van der Waals surface area contributed by atoms with Gasteiger partial charge in [0.25, 0.3) is 5.56 Å². The Morgan fingerprint density at radius 3 is 2.74 bits per heavy atom. The molecule has 5 nitrogen and oxygen atoms in total. The third kappa shape index (κ3) is 1.77. The highest BCUT2D eigenvalue weighted by Gasteiger charge is 2.12. The molecular formula is C13H10N2O3S. The van der Waals surface area contributed by atoms with Gasteiger partial charge in [-0.3, -0.25) is 4.79 Å². The van der Waals surface area contributed by atoms with Crippen molar-refractivity contribution in [3.05, 3.63) is 56.5 Å². The lowest BCUT2D eigenvalue weighted by atomic mass is 10.2. The molecule has 6 heteroatoms. The topological polar surface area (TPSA) is 64.1 Å². The summed E-state index contributed by atoms with van der Waals surface area (Å²) in [5, 5.41) is 2.83. The molecule has 2 aromatic heterocycles. The number of hydrogen-bond acceptors (Lipinski definition) is 4. The molecule has 0 fully saturated rings. The summed E-state index contributed by atoms with van der Waals surface area (Å²) < 4.78 is 6.28. The van der Waals surface area contributed by atoms with E-state index in [9.17, 15) is 9.59 Å². The van der Waals surface area contributed by atoms with Crippen LogP contribution in [0.15, 0.2) is 45.3 Å². The number of nitrogens with one attached hydrogen (secondary N) is 1. The third-order valence-corrected chi connectivity index (χ3v) is 3.69. The van der Waals surface area contributed by atoms with E-state index < -0.39 is 5.69 Å². The maximum atomic E-state index is 12.4. The van der Waals surface area contributed by atoms with E-state index in [2.05, 4.69) is 4.98 Å². The summed E-state index contributed by atoms with van der Waals surface area (Å²) in [5.74, 6) is 0.477. The van der Waals surface area contributed by atoms with E-state index in [1.807, 2.05) is 5.38 Å². The number of para-hydroxylation sites is 1. The molecule has 3 aromatic rings. The standard InChI is InChI=1S/C13H10N2O3S/c1-18-9-5-2-4-8-11(9)14-13(17)15(12(8)16)10-6-3-7-19-10/h2-7H,1H3,(H,14,17). The van der Waals surface area contributed by atoms with Crippen LogP contribution < -0.4 is 16.0 Å². The Morgan fingerprint density at radius 2 is 2.05 bits per heavy atom. The molecule has 0 radical (unpaired) electrons. The average molecular weight is 274 g/mol. The van der Waals surface area contributed by atoms with Crippen LogP contribution in [-0.4, -0.2) is 16.7 Å². The molecule has 0 saturated carbocycles. The third-order valence-electron chi connectivity index (χ3n) is 2.84. The predicted octanol–water partition coefficient (Wildman–Crippen LogP) is 1.75. The molecule has 0 atom stereocenters. The molecule has 3 rings (SSSR count). The molecule has 0 aliphatic heterocycles. The number of aromatic nitrogens is 2. The molecule has 0 saturated heterocycles. The van der Waals surface area contributed by atoms with Gasteiger partial charge in [0.15, 0.2) is 0 Å². The Kier molecular flexibility index (Phi) is 2.72. The number of methoxy groups -OCH3 is 1. The van der Waals surface area contributed by atoms with Gasteiger partial charge in [-0.25, -0.2) is 9.36 Å². The minimum atomic E-state index is -0.468. The van der Waals surface area contributed by atoms with Crippen molar-refractivity contribution in [3.63, 3.8) is 0 Å². The van der Waals surface area contributed by atoms with Crippen molar-refractivity contribution < 1.29 is 4.74 Å². The summed E-state index contributed by atoms with van der Waals surface area (Å²) >= 11 is 1.33. The second-order valence-corrected chi connectivity index (χ2v) is 4.83. The van der Waals surface area contributed by atoms with E-state index in [0.29, 0.717) is 21.7 Å². The molecule has 19 heavy (non-hydrogen) atoms. The fourth-order valence-electron chi connectivity index (χ4n) is 1.98. The van der Waals surface area contributed by atoms with E-state index >= 15 is 0 Å². The second-order valence-electron chi connectivity index (χ2n) is 3.90. The second kappa shape index (κ2) is 4.40. The first kappa shape index (κ1) is 11.7. The molecule has 0 aliphatic carbocycles. The summed E-state index contributed by atoms with van der Waals surface area (Å²) in [6.07, 6.45) is 0. The summed E-state index contributed by atoms with van der Waals surface area (Å²) in [6, 6.07) is 8.61. The van der Waals surface area contributed by atoms with Gasteiger partial charge >= 0.3 is 5.69 Å². The number of benzene rings is 1. The van der Waals surface area contributed by atoms with Crippen LogP contribution in [0.4, 0.5) is 0 Å². The SMILES string of the molecule is COc1cccc2c(=O)n(-c3cccs3)c(=O)[nH]c12. The van der Waals surface area contributed by atoms with Gasteiger partial charge in [-0.1, -0.05) is 6.07 Å². The van der Waals surface area contributed by atoms with Gasteiger partial charge in [-0.15, -0.1) is 11.3 Å². The number of nitrogens with zero attached hydrogens (tertiary/aromatic N) is 1. The van der Waals surface area contributed by atoms with Gasteiger partial charge in [-0.2, -0.15) is 0 Å². The van der Waals surface area contributed by atoms with E-state index in [4.69, 9.17) is 4.74 Å². The molecule has 2 heterocycles. The van der Waals surface area contributed by atoms with Crippen molar-refractivity contribution in [3.8, 4) is 10.8 Å². The van der Waals surface area contributed by atoms with E-state index in [-0.39, 0.29) is 5.56 Å². The lowest BCUT2D eigenvalue weighted by Gasteiger charge is -2.07. The van der Waals surface area contributed by atoms with E-state index in [1.54, 1.807) is 30.3 Å². The summed E-state index contributed by atoms with van der Waals surface area (Å²) in [7, 11) is 1.50. The molecule has 0 bridgehead atoms. The molecule has 96 valence electrons. The van der Waals surface area contributed by atoms with Crippen molar-refractivity contribution in [2.45, 2.75) is 0 Å². The summed E-state index contributed by atoms with van der Waals surface area (Å²) in [5.41, 5.74) is -0.391. The van der Waals surface area contributed by atoms with Crippen molar-refractivity contribution >= 4 is 22.2 Å². The number of ether oxygens (including phenoxy) is 1. The number of H-pyrrole nitrogens is 1. The maximum Gasteiger partial charge on any atom is 0.334 e. The van der Waals surface area contributed by atoms with Crippen molar-refractivity contribution in [2.75, 3.05) is 7.11 Å². The molecule has 0 unspecified atom stereocenters. The molecule has 0 spiro atoms. The van der Waals surface area contributed by atoms with Crippen LogP contribution in [0.2, 0.25) is 0 Å². The van der Waals surface area contributed by atoms with Gasteiger partial charge in [0.05, 0.1) is 18.0 Å². The van der Waals surface area contributed by atoms with Gasteiger partial charge in [-0.05, 0) is 29.6 Å². The van der Waals surface area contributed by atoms with Gasteiger partial charge < -0.3 is 9.72 Å². The fourth-order valence-corrected chi connectivity index (χ4v) is 2.71. The van der Waals surface area contributed by atoms with Crippen LogP contribution in [-0.2, 0) is 0 Å².